The predicted molar refractivity (Wildman–Crippen MR) is 72.8 cm³/mol. The van der Waals surface area contributed by atoms with Crippen molar-refractivity contribution >= 4 is 15.9 Å². The van der Waals surface area contributed by atoms with Crippen LogP contribution in [0.4, 0.5) is 0 Å². The zero-order valence-electron chi connectivity index (χ0n) is 10.8. The summed E-state index contributed by atoms with van der Waals surface area (Å²) < 4.78 is 26.5. The fourth-order valence-corrected chi connectivity index (χ4v) is 2.67. The van der Waals surface area contributed by atoms with E-state index in [0.29, 0.717) is 6.54 Å². The van der Waals surface area contributed by atoms with Gasteiger partial charge in [0.25, 0.3) is 5.91 Å². The number of amides is 1. The number of benzene rings is 1. The van der Waals surface area contributed by atoms with Crippen LogP contribution < -0.4 is 16.0 Å². The molecule has 0 aliphatic carbocycles. The molecule has 7 heteroatoms. The van der Waals surface area contributed by atoms with Gasteiger partial charge in [-0.25, -0.2) is 19.0 Å². The summed E-state index contributed by atoms with van der Waals surface area (Å²) in [6, 6.07) is 5.74. The lowest BCUT2D eigenvalue weighted by atomic mass is 10.2. The number of hydrogen-bond donors (Lipinski definition) is 3. The minimum atomic E-state index is -3.58. The highest BCUT2D eigenvalue weighted by molar-refractivity contribution is 7.89. The van der Waals surface area contributed by atoms with Gasteiger partial charge in [0, 0.05) is 12.1 Å². The lowest BCUT2D eigenvalue weighted by Gasteiger charge is -2.07. The van der Waals surface area contributed by atoms with Crippen molar-refractivity contribution in [2.24, 2.45) is 5.84 Å². The van der Waals surface area contributed by atoms with E-state index in [1.54, 1.807) is 0 Å². The van der Waals surface area contributed by atoms with Gasteiger partial charge in [0.1, 0.15) is 0 Å². The second-order valence-corrected chi connectivity index (χ2v) is 5.87. The van der Waals surface area contributed by atoms with Crippen LogP contribution in [0.5, 0.6) is 0 Å². The lowest BCUT2D eigenvalue weighted by Crippen LogP contribution is -2.30. The Morgan fingerprint density at radius 1 is 1.32 bits per heavy atom. The van der Waals surface area contributed by atoms with Gasteiger partial charge in [-0.1, -0.05) is 25.8 Å². The number of nitrogens with one attached hydrogen (secondary N) is 2. The Bertz CT molecular complexity index is 529. The van der Waals surface area contributed by atoms with E-state index in [4.69, 9.17) is 5.84 Å². The maximum atomic E-state index is 12.0. The van der Waals surface area contributed by atoms with Crippen LogP contribution in [0.15, 0.2) is 29.2 Å². The van der Waals surface area contributed by atoms with Gasteiger partial charge in [-0.3, -0.25) is 10.2 Å². The fourth-order valence-electron chi connectivity index (χ4n) is 1.55. The van der Waals surface area contributed by atoms with Crippen molar-refractivity contribution in [1.29, 1.82) is 0 Å². The first-order valence-electron chi connectivity index (χ1n) is 6.12. The molecule has 0 bridgehead atoms. The third-order valence-electron chi connectivity index (χ3n) is 2.61. The number of sulfonamides is 1. The summed E-state index contributed by atoms with van der Waals surface area (Å²) in [5.74, 6) is 4.49. The molecule has 1 amide bonds. The van der Waals surface area contributed by atoms with Crippen molar-refractivity contribution in [2.45, 2.75) is 31.1 Å². The van der Waals surface area contributed by atoms with Crippen LogP contribution in [0.1, 0.15) is 36.5 Å². The maximum absolute atomic E-state index is 12.0. The van der Waals surface area contributed by atoms with Crippen molar-refractivity contribution < 1.29 is 13.2 Å². The smallest absolute Gasteiger partial charge is 0.265 e. The average Bonchev–Trinajstić information content (AvgIpc) is 2.43. The topological polar surface area (TPSA) is 101 Å². The van der Waals surface area contributed by atoms with Crippen LogP contribution in [0.25, 0.3) is 0 Å². The van der Waals surface area contributed by atoms with Crippen LogP contribution >= 0.6 is 0 Å². The van der Waals surface area contributed by atoms with Gasteiger partial charge in [-0.05, 0) is 24.6 Å². The molecule has 1 rings (SSSR count). The number of nitrogen functional groups attached to an aromatic ring is 1. The molecule has 0 aliphatic rings. The van der Waals surface area contributed by atoms with Crippen molar-refractivity contribution in [3.8, 4) is 0 Å². The molecule has 1 aromatic rings. The van der Waals surface area contributed by atoms with Crippen molar-refractivity contribution in [3.05, 3.63) is 29.8 Å². The van der Waals surface area contributed by atoms with Gasteiger partial charge >= 0.3 is 0 Å². The molecule has 0 spiro atoms. The Labute approximate surface area is 113 Å². The monoisotopic (exact) mass is 285 g/mol. The molecule has 0 unspecified atom stereocenters. The lowest BCUT2D eigenvalue weighted by molar-refractivity contribution is 0.0953. The van der Waals surface area contributed by atoms with Crippen molar-refractivity contribution in [1.82, 2.24) is 10.1 Å². The molecule has 0 fully saturated rings. The van der Waals surface area contributed by atoms with E-state index in [2.05, 4.69) is 4.72 Å². The Kier molecular flexibility index (Phi) is 5.94. The highest BCUT2D eigenvalue weighted by Gasteiger charge is 2.15. The average molecular weight is 285 g/mol. The SMILES string of the molecule is CCCCCNS(=O)(=O)c1cccc(C(=O)NN)c1. The molecule has 0 radical (unpaired) electrons. The van der Waals surface area contributed by atoms with Gasteiger partial charge in [0.05, 0.1) is 4.90 Å². The summed E-state index contributed by atoms with van der Waals surface area (Å²) >= 11 is 0. The van der Waals surface area contributed by atoms with Gasteiger partial charge in [-0.15, -0.1) is 0 Å². The van der Waals surface area contributed by atoms with Crippen LogP contribution in [-0.2, 0) is 10.0 Å². The molecule has 0 saturated heterocycles. The molecule has 19 heavy (non-hydrogen) atoms. The van der Waals surface area contributed by atoms with Crippen molar-refractivity contribution in [2.75, 3.05) is 6.54 Å². The van der Waals surface area contributed by atoms with Crippen molar-refractivity contribution in [3.63, 3.8) is 0 Å². The van der Waals surface area contributed by atoms with Crippen LogP contribution in [0.2, 0.25) is 0 Å². The Morgan fingerprint density at radius 3 is 2.68 bits per heavy atom. The summed E-state index contributed by atoms with van der Waals surface area (Å²) in [4.78, 5) is 11.4. The van der Waals surface area contributed by atoms with Crippen LogP contribution in [-0.4, -0.2) is 20.9 Å². The molecule has 6 nitrogen and oxygen atoms in total. The summed E-state index contributed by atoms with van der Waals surface area (Å²) in [5.41, 5.74) is 2.17. The highest BCUT2D eigenvalue weighted by atomic mass is 32.2. The molecular weight excluding hydrogens is 266 g/mol. The number of carbonyl (C=O) groups is 1. The van der Waals surface area contributed by atoms with Crippen LogP contribution in [0, 0.1) is 0 Å². The summed E-state index contributed by atoms with van der Waals surface area (Å²) in [6.45, 7) is 2.44. The quantitative estimate of drug-likeness (QED) is 0.298. The van der Waals surface area contributed by atoms with E-state index >= 15 is 0 Å². The van der Waals surface area contributed by atoms with E-state index < -0.39 is 15.9 Å². The molecule has 0 saturated carbocycles. The zero-order valence-corrected chi connectivity index (χ0v) is 11.7. The Morgan fingerprint density at radius 2 is 2.05 bits per heavy atom. The predicted octanol–water partition coefficient (Wildman–Crippen LogP) is 0.759. The second kappa shape index (κ2) is 7.22. The molecule has 0 heterocycles. The maximum Gasteiger partial charge on any atom is 0.265 e. The number of carbonyl (C=O) groups excluding carboxylic acids is 1. The summed E-state index contributed by atoms with van der Waals surface area (Å²) in [7, 11) is -3.58. The summed E-state index contributed by atoms with van der Waals surface area (Å²) in [6.07, 6.45) is 2.78. The van der Waals surface area contributed by atoms with Gasteiger partial charge < -0.3 is 0 Å². The van der Waals surface area contributed by atoms with E-state index in [0.717, 1.165) is 19.3 Å². The van der Waals surface area contributed by atoms with E-state index in [1.165, 1.54) is 24.3 Å². The summed E-state index contributed by atoms with van der Waals surface area (Å²) in [5, 5.41) is 0. The third kappa shape index (κ3) is 4.62. The molecular formula is C12H19N3O3S. The van der Waals surface area contributed by atoms with Gasteiger partial charge in [0.2, 0.25) is 10.0 Å². The van der Waals surface area contributed by atoms with Gasteiger partial charge in [-0.2, -0.15) is 0 Å². The molecule has 1 aromatic carbocycles. The fraction of sp³-hybridized carbons (Fsp3) is 0.417. The van der Waals surface area contributed by atoms with E-state index in [1.807, 2.05) is 12.3 Å². The number of rotatable bonds is 7. The third-order valence-corrected chi connectivity index (χ3v) is 4.07. The number of nitrogens with two attached hydrogens (primary N) is 1. The molecule has 0 aliphatic heterocycles. The van der Waals surface area contributed by atoms with Gasteiger partial charge in [0.15, 0.2) is 0 Å². The molecule has 0 atom stereocenters. The van der Waals surface area contributed by atoms with E-state index in [9.17, 15) is 13.2 Å². The number of hydrazine groups is 1. The highest BCUT2D eigenvalue weighted by Crippen LogP contribution is 2.11. The Balaban J connectivity index is 2.80. The largest absolute Gasteiger partial charge is 0.290 e. The number of hydrogen-bond acceptors (Lipinski definition) is 4. The first kappa shape index (κ1) is 15.6. The zero-order chi connectivity index (χ0) is 14.3. The standard InChI is InChI=1S/C12H19N3O3S/c1-2-3-4-8-14-19(17,18)11-7-5-6-10(9-11)12(16)15-13/h5-7,9,14H,2-4,8,13H2,1H3,(H,15,16). The first-order valence-corrected chi connectivity index (χ1v) is 7.60. The molecule has 4 N–H and O–H groups in total. The Hall–Kier alpha value is -1.44. The normalized spacial score (nSPS) is 11.3. The van der Waals surface area contributed by atoms with E-state index in [-0.39, 0.29) is 10.5 Å². The number of unbranched alkanes of at least 4 members (excludes halogenated alkanes) is 2. The first-order chi connectivity index (χ1) is 9.01. The minimum absolute atomic E-state index is 0.0603. The second-order valence-electron chi connectivity index (χ2n) is 4.11. The minimum Gasteiger partial charge on any atom is -0.290 e. The molecule has 0 aromatic heterocycles. The van der Waals surface area contributed by atoms with Crippen LogP contribution in [0.3, 0.4) is 0 Å². The molecule has 106 valence electrons.